The minimum Gasteiger partial charge on any atom is -0.339 e. The van der Waals surface area contributed by atoms with Gasteiger partial charge in [-0.1, -0.05) is 6.92 Å². The molecule has 0 aromatic heterocycles. The lowest BCUT2D eigenvalue weighted by Crippen LogP contribution is -2.38. The Labute approximate surface area is 129 Å². The molecular formula is C14H20N2O3S2. The summed E-state index contributed by atoms with van der Waals surface area (Å²) < 4.78 is 22.9. The number of nitrogens with zero attached hydrogens (tertiary/aromatic N) is 1. The fraction of sp³-hybridized carbons (Fsp3) is 0.500. The topological polar surface area (TPSA) is 80.5 Å². The summed E-state index contributed by atoms with van der Waals surface area (Å²) in [6.45, 7) is 3.61. The first kappa shape index (κ1) is 16.3. The maximum atomic E-state index is 12.6. The minimum atomic E-state index is -3.80. The van der Waals surface area contributed by atoms with Gasteiger partial charge in [-0.15, -0.1) is 11.8 Å². The van der Waals surface area contributed by atoms with E-state index >= 15 is 0 Å². The first-order valence-corrected chi connectivity index (χ1v) is 9.60. The van der Waals surface area contributed by atoms with Crippen molar-refractivity contribution in [2.75, 3.05) is 19.3 Å². The van der Waals surface area contributed by atoms with Crippen LogP contribution in [-0.4, -0.2) is 38.6 Å². The molecule has 1 amide bonds. The van der Waals surface area contributed by atoms with Crippen molar-refractivity contribution >= 4 is 27.7 Å². The van der Waals surface area contributed by atoms with E-state index < -0.39 is 10.0 Å². The molecule has 2 N–H and O–H groups in total. The van der Waals surface area contributed by atoms with E-state index in [1.54, 1.807) is 11.0 Å². The highest BCUT2D eigenvalue weighted by atomic mass is 32.2. The predicted molar refractivity (Wildman–Crippen MR) is 83.9 cm³/mol. The molecule has 21 heavy (non-hydrogen) atoms. The largest absolute Gasteiger partial charge is 0.339 e. The zero-order valence-electron chi connectivity index (χ0n) is 12.2. The summed E-state index contributed by atoms with van der Waals surface area (Å²) in [4.78, 5) is 15.2. The van der Waals surface area contributed by atoms with Crippen LogP contribution in [-0.2, 0) is 10.0 Å². The number of piperidine rings is 1. The van der Waals surface area contributed by atoms with Crippen molar-refractivity contribution in [3.63, 3.8) is 0 Å². The molecule has 7 heteroatoms. The molecule has 0 bridgehead atoms. The van der Waals surface area contributed by atoms with Crippen molar-refractivity contribution < 1.29 is 13.2 Å². The van der Waals surface area contributed by atoms with E-state index in [4.69, 9.17) is 5.14 Å². The Kier molecular flexibility index (Phi) is 4.95. The number of sulfonamides is 1. The van der Waals surface area contributed by atoms with Crippen LogP contribution in [0.1, 0.15) is 30.1 Å². The zero-order chi connectivity index (χ0) is 15.6. The fourth-order valence-corrected chi connectivity index (χ4v) is 3.52. The number of hydrogen-bond acceptors (Lipinski definition) is 4. The van der Waals surface area contributed by atoms with Gasteiger partial charge in [-0.25, -0.2) is 13.6 Å². The van der Waals surface area contributed by atoms with Crippen LogP contribution in [0.3, 0.4) is 0 Å². The van der Waals surface area contributed by atoms with E-state index in [2.05, 4.69) is 6.92 Å². The summed E-state index contributed by atoms with van der Waals surface area (Å²) in [5.74, 6) is 0.515. The Hall–Kier alpha value is -1.05. The van der Waals surface area contributed by atoms with Gasteiger partial charge in [0.25, 0.3) is 5.91 Å². The van der Waals surface area contributed by atoms with Crippen molar-refractivity contribution in [2.45, 2.75) is 29.6 Å². The predicted octanol–water partition coefficient (Wildman–Crippen LogP) is 1.93. The summed E-state index contributed by atoms with van der Waals surface area (Å²) in [5.41, 5.74) is 0.420. The van der Waals surface area contributed by atoms with Gasteiger partial charge in [0.05, 0.1) is 10.5 Å². The summed E-state index contributed by atoms with van der Waals surface area (Å²) >= 11 is 1.42. The van der Waals surface area contributed by atoms with Crippen LogP contribution >= 0.6 is 11.8 Å². The molecule has 0 atom stereocenters. The third-order valence-corrected chi connectivity index (χ3v) is 5.51. The van der Waals surface area contributed by atoms with Gasteiger partial charge in [0.15, 0.2) is 0 Å². The molecule has 1 fully saturated rings. The van der Waals surface area contributed by atoms with E-state index in [-0.39, 0.29) is 10.8 Å². The highest BCUT2D eigenvalue weighted by Gasteiger charge is 2.24. The third kappa shape index (κ3) is 3.78. The van der Waals surface area contributed by atoms with Gasteiger partial charge in [-0.05, 0) is 43.2 Å². The van der Waals surface area contributed by atoms with Crippen LogP contribution in [0, 0.1) is 5.92 Å². The van der Waals surface area contributed by atoms with Crippen molar-refractivity contribution in [3.05, 3.63) is 23.8 Å². The number of nitrogens with two attached hydrogens (primary N) is 1. The molecule has 1 heterocycles. The van der Waals surface area contributed by atoms with Gasteiger partial charge in [-0.2, -0.15) is 0 Å². The number of benzene rings is 1. The molecule has 116 valence electrons. The molecule has 5 nitrogen and oxygen atoms in total. The summed E-state index contributed by atoms with van der Waals surface area (Å²) in [5, 5.41) is 5.15. The van der Waals surface area contributed by atoms with Gasteiger partial charge in [0.2, 0.25) is 10.0 Å². The number of carbonyl (C=O) groups is 1. The van der Waals surface area contributed by atoms with Crippen LogP contribution < -0.4 is 5.14 Å². The monoisotopic (exact) mass is 328 g/mol. The number of amides is 1. The number of hydrogen-bond donors (Lipinski definition) is 1. The highest BCUT2D eigenvalue weighted by molar-refractivity contribution is 7.98. The van der Waals surface area contributed by atoms with Crippen molar-refractivity contribution in [2.24, 2.45) is 11.1 Å². The average molecular weight is 328 g/mol. The average Bonchev–Trinajstić information content (AvgIpc) is 2.45. The first-order chi connectivity index (χ1) is 9.82. The minimum absolute atomic E-state index is 0.0194. The highest BCUT2D eigenvalue weighted by Crippen LogP contribution is 2.26. The standard InChI is InChI=1S/C14H20N2O3S2/c1-10-5-7-16(8-6-10)14(17)12-9-11(21(15,18)19)3-4-13(12)20-2/h3-4,9-10H,5-8H2,1-2H3,(H2,15,18,19). The number of rotatable bonds is 3. The second-order valence-corrected chi connectivity index (χ2v) is 7.79. The van der Waals surface area contributed by atoms with Crippen LogP contribution in [0.25, 0.3) is 0 Å². The Balaban J connectivity index is 2.34. The zero-order valence-corrected chi connectivity index (χ0v) is 13.8. The third-order valence-electron chi connectivity index (χ3n) is 3.80. The van der Waals surface area contributed by atoms with Crippen LogP contribution in [0.2, 0.25) is 0 Å². The van der Waals surface area contributed by atoms with Crippen molar-refractivity contribution in [1.29, 1.82) is 0 Å². The normalized spacial score (nSPS) is 17.0. The van der Waals surface area contributed by atoms with Gasteiger partial charge in [0.1, 0.15) is 0 Å². The molecule has 0 aliphatic carbocycles. The van der Waals surface area contributed by atoms with Crippen LogP contribution in [0.4, 0.5) is 0 Å². The van der Waals surface area contributed by atoms with Crippen molar-refractivity contribution in [3.8, 4) is 0 Å². The lowest BCUT2D eigenvalue weighted by molar-refractivity contribution is 0.0693. The van der Waals surface area contributed by atoms with Gasteiger partial charge >= 0.3 is 0 Å². The molecule has 1 aromatic carbocycles. The molecule has 2 rings (SSSR count). The quantitative estimate of drug-likeness (QED) is 0.860. The maximum Gasteiger partial charge on any atom is 0.255 e. The molecule has 0 saturated carbocycles. The Morgan fingerprint density at radius 3 is 2.48 bits per heavy atom. The van der Waals surface area contributed by atoms with Gasteiger partial charge < -0.3 is 4.90 Å². The summed E-state index contributed by atoms with van der Waals surface area (Å²) in [7, 11) is -3.80. The van der Waals surface area contributed by atoms with Crippen molar-refractivity contribution in [1.82, 2.24) is 4.90 Å². The molecular weight excluding hydrogens is 308 g/mol. The SMILES string of the molecule is CSc1ccc(S(N)(=O)=O)cc1C(=O)N1CCC(C)CC1. The van der Waals surface area contributed by atoms with E-state index in [1.807, 2.05) is 6.26 Å². The molecule has 1 aliphatic rings. The Morgan fingerprint density at radius 2 is 1.95 bits per heavy atom. The molecule has 0 unspecified atom stereocenters. The van der Waals surface area contributed by atoms with E-state index in [1.165, 1.54) is 23.9 Å². The van der Waals surface area contributed by atoms with Crippen LogP contribution in [0.5, 0.6) is 0 Å². The number of likely N-dealkylation sites (tertiary alicyclic amines) is 1. The van der Waals surface area contributed by atoms with Gasteiger partial charge in [-0.3, -0.25) is 4.79 Å². The number of thioether (sulfide) groups is 1. The summed E-state index contributed by atoms with van der Waals surface area (Å²) in [6, 6.07) is 4.47. The lowest BCUT2D eigenvalue weighted by atomic mass is 9.98. The molecule has 0 radical (unpaired) electrons. The van der Waals surface area contributed by atoms with E-state index in [9.17, 15) is 13.2 Å². The Morgan fingerprint density at radius 1 is 1.33 bits per heavy atom. The first-order valence-electron chi connectivity index (χ1n) is 6.83. The molecule has 1 aromatic rings. The lowest BCUT2D eigenvalue weighted by Gasteiger charge is -2.30. The van der Waals surface area contributed by atoms with Gasteiger partial charge in [0, 0.05) is 18.0 Å². The fourth-order valence-electron chi connectivity index (χ4n) is 2.41. The molecule has 1 aliphatic heterocycles. The molecule has 1 saturated heterocycles. The van der Waals surface area contributed by atoms with Crippen LogP contribution in [0.15, 0.2) is 28.0 Å². The molecule has 0 spiro atoms. The second-order valence-electron chi connectivity index (χ2n) is 5.38. The maximum absolute atomic E-state index is 12.6. The Bertz CT molecular complexity index is 636. The smallest absolute Gasteiger partial charge is 0.255 e. The van der Waals surface area contributed by atoms with E-state index in [0.717, 1.165) is 17.7 Å². The number of primary sulfonamides is 1. The van der Waals surface area contributed by atoms with E-state index in [0.29, 0.717) is 24.6 Å². The second kappa shape index (κ2) is 6.37. The number of carbonyl (C=O) groups excluding carboxylic acids is 1. The summed E-state index contributed by atoms with van der Waals surface area (Å²) in [6.07, 6.45) is 3.82.